The molecule has 0 spiro atoms. The van der Waals surface area contributed by atoms with Crippen LogP contribution in [-0.4, -0.2) is 84.5 Å². The Hall–Kier alpha value is -2.45. The van der Waals surface area contributed by atoms with Crippen molar-refractivity contribution < 1.29 is 19.5 Å². The van der Waals surface area contributed by atoms with Gasteiger partial charge in [-0.2, -0.15) is 0 Å². The molecule has 2 N–H and O–H groups in total. The maximum Gasteiger partial charge on any atom is 0.317 e. The lowest BCUT2D eigenvalue weighted by atomic mass is 9.89. The first-order chi connectivity index (χ1) is 14.6. The number of carboxylic acid groups (broad SMARTS) is 1. The Balaban J connectivity index is 1.25. The predicted molar refractivity (Wildman–Crippen MR) is 113 cm³/mol. The third-order valence-electron chi connectivity index (χ3n) is 6.21. The molecule has 1 atom stereocenters. The summed E-state index contributed by atoms with van der Waals surface area (Å²) in [6.45, 7) is 4.69. The van der Waals surface area contributed by atoms with Gasteiger partial charge in [0, 0.05) is 25.1 Å². The Morgan fingerprint density at radius 1 is 1.13 bits per heavy atom. The second-order valence-corrected chi connectivity index (χ2v) is 8.34. The SMILES string of the molecule is N=C(c1ccc(C2=NOC(CC3CCN(CC(=O)O)CC3)C2)cc1)N1CCOCC1. The van der Waals surface area contributed by atoms with E-state index in [9.17, 15) is 4.79 Å². The molecule has 1 unspecified atom stereocenters. The number of likely N-dealkylation sites (tertiary alicyclic amines) is 1. The quantitative estimate of drug-likeness (QED) is 0.546. The van der Waals surface area contributed by atoms with Crippen LogP contribution in [0.25, 0.3) is 0 Å². The van der Waals surface area contributed by atoms with Crippen molar-refractivity contribution in [3.63, 3.8) is 0 Å². The number of carbonyl (C=O) groups is 1. The van der Waals surface area contributed by atoms with Crippen LogP contribution in [0.4, 0.5) is 0 Å². The van der Waals surface area contributed by atoms with Gasteiger partial charge in [0.05, 0.1) is 25.5 Å². The van der Waals surface area contributed by atoms with Crippen LogP contribution in [0.3, 0.4) is 0 Å². The molecule has 1 aromatic rings. The number of benzene rings is 1. The fraction of sp³-hybridized carbons (Fsp3) is 0.591. The van der Waals surface area contributed by atoms with Crippen LogP contribution in [0.5, 0.6) is 0 Å². The summed E-state index contributed by atoms with van der Waals surface area (Å²) in [5, 5.41) is 21.6. The molecule has 2 saturated heterocycles. The number of piperidine rings is 1. The average molecular weight is 415 g/mol. The molecule has 1 aromatic carbocycles. The standard InChI is InChI=1S/C22H30N4O4/c23-22(26-9-11-29-12-10-26)18-3-1-17(2-4-18)20-14-19(30-24-20)13-16-5-7-25(8-6-16)15-21(27)28/h1-4,16,19,23H,5-15H2,(H,27,28). The molecular formula is C22H30N4O4. The van der Waals surface area contributed by atoms with Gasteiger partial charge < -0.3 is 19.6 Å². The number of nitrogens with one attached hydrogen (secondary N) is 1. The number of hydrogen-bond acceptors (Lipinski definition) is 6. The van der Waals surface area contributed by atoms with Crippen molar-refractivity contribution in [3.05, 3.63) is 35.4 Å². The molecule has 0 aliphatic carbocycles. The Kier molecular flexibility index (Phi) is 6.64. The topological polar surface area (TPSA) is 98.5 Å². The Morgan fingerprint density at radius 2 is 1.83 bits per heavy atom. The number of aliphatic carboxylic acids is 1. The summed E-state index contributed by atoms with van der Waals surface area (Å²) in [5.74, 6) is 0.351. The van der Waals surface area contributed by atoms with Gasteiger partial charge in [-0.05, 0) is 43.8 Å². The molecule has 3 aliphatic heterocycles. The molecule has 8 nitrogen and oxygen atoms in total. The summed E-state index contributed by atoms with van der Waals surface area (Å²) in [6.07, 6.45) is 3.90. The minimum atomic E-state index is -0.753. The van der Waals surface area contributed by atoms with Gasteiger partial charge in [0.1, 0.15) is 11.9 Å². The number of carboxylic acids is 1. The van der Waals surface area contributed by atoms with E-state index in [2.05, 4.69) is 5.16 Å². The smallest absolute Gasteiger partial charge is 0.317 e. The van der Waals surface area contributed by atoms with Gasteiger partial charge in [0.25, 0.3) is 0 Å². The average Bonchev–Trinajstić information content (AvgIpc) is 3.23. The van der Waals surface area contributed by atoms with Gasteiger partial charge in [-0.3, -0.25) is 15.1 Å². The summed E-state index contributed by atoms with van der Waals surface area (Å²) in [5.41, 5.74) is 2.92. The molecule has 4 rings (SSSR count). The highest BCUT2D eigenvalue weighted by molar-refractivity contribution is 6.02. The monoisotopic (exact) mass is 414 g/mol. The van der Waals surface area contributed by atoms with Crippen LogP contribution < -0.4 is 0 Å². The van der Waals surface area contributed by atoms with E-state index in [1.54, 1.807) is 0 Å². The molecule has 2 fully saturated rings. The minimum absolute atomic E-state index is 0.0994. The molecule has 0 amide bonds. The first-order valence-corrected chi connectivity index (χ1v) is 10.8. The van der Waals surface area contributed by atoms with Crippen molar-refractivity contribution in [3.8, 4) is 0 Å². The first-order valence-electron chi connectivity index (χ1n) is 10.8. The van der Waals surface area contributed by atoms with Crippen LogP contribution >= 0.6 is 0 Å². The van der Waals surface area contributed by atoms with Gasteiger partial charge >= 0.3 is 5.97 Å². The normalized spacial score (nSPS) is 23.1. The number of oxime groups is 1. The molecule has 3 heterocycles. The van der Waals surface area contributed by atoms with E-state index in [1.807, 2.05) is 34.1 Å². The number of morpholine rings is 1. The predicted octanol–water partition coefficient (Wildman–Crippen LogP) is 2.02. The maximum absolute atomic E-state index is 10.8. The van der Waals surface area contributed by atoms with Crippen LogP contribution in [-0.2, 0) is 14.4 Å². The van der Waals surface area contributed by atoms with Crippen molar-refractivity contribution in [1.29, 1.82) is 5.41 Å². The highest BCUT2D eigenvalue weighted by Crippen LogP contribution is 2.28. The molecular weight excluding hydrogens is 384 g/mol. The second kappa shape index (κ2) is 9.57. The molecule has 8 heteroatoms. The zero-order valence-electron chi connectivity index (χ0n) is 17.3. The van der Waals surface area contributed by atoms with E-state index >= 15 is 0 Å². The lowest BCUT2D eigenvalue weighted by molar-refractivity contribution is -0.138. The Morgan fingerprint density at radius 3 is 2.50 bits per heavy atom. The molecule has 3 aliphatic rings. The number of rotatable bonds is 6. The third-order valence-corrected chi connectivity index (χ3v) is 6.21. The van der Waals surface area contributed by atoms with Crippen molar-refractivity contribution in [1.82, 2.24) is 9.80 Å². The second-order valence-electron chi connectivity index (χ2n) is 8.34. The van der Waals surface area contributed by atoms with E-state index in [-0.39, 0.29) is 12.6 Å². The number of nitrogens with zero attached hydrogens (tertiary/aromatic N) is 3. The van der Waals surface area contributed by atoms with Crippen molar-refractivity contribution in [2.24, 2.45) is 11.1 Å². The maximum atomic E-state index is 10.8. The highest BCUT2D eigenvalue weighted by Gasteiger charge is 2.28. The van der Waals surface area contributed by atoms with E-state index in [1.165, 1.54) is 0 Å². The largest absolute Gasteiger partial charge is 0.480 e. The summed E-state index contributed by atoms with van der Waals surface area (Å²) in [4.78, 5) is 20.6. The van der Waals surface area contributed by atoms with Crippen LogP contribution in [0, 0.1) is 11.3 Å². The third kappa shape index (κ3) is 5.17. The molecule has 0 aromatic heterocycles. The molecule has 0 radical (unpaired) electrons. The molecule has 30 heavy (non-hydrogen) atoms. The lowest BCUT2D eigenvalue weighted by Crippen LogP contribution is -2.40. The summed E-state index contributed by atoms with van der Waals surface area (Å²) < 4.78 is 5.36. The van der Waals surface area contributed by atoms with Crippen molar-refractivity contribution in [2.75, 3.05) is 45.9 Å². The zero-order valence-corrected chi connectivity index (χ0v) is 17.3. The molecule has 0 saturated carbocycles. The lowest BCUT2D eigenvalue weighted by Gasteiger charge is -2.31. The fourth-order valence-corrected chi connectivity index (χ4v) is 4.46. The summed E-state index contributed by atoms with van der Waals surface area (Å²) >= 11 is 0. The van der Waals surface area contributed by atoms with Crippen molar-refractivity contribution >= 4 is 17.5 Å². The van der Waals surface area contributed by atoms with Gasteiger partial charge in [0.2, 0.25) is 0 Å². The minimum Gasteiger partial charge on any atom is -0.480 e. The van der Waals surface area contributed by atoms with Gasteiger partial charge in [-0.25, -0.2) is 0 Å². The van der Waals surface area contributed by atoms with Crippen LogP contribution in [0.1, 0.15) is 36.8 Å². The summed E-state index contributed by atoms with van der Waals surface area (Å²) in [6, 6.07) is 8.03. The van der Waals surface area contributed by atoms with E-state index in [4.69, 9.17) is 20.1 Å². The van der Waals surface area contributed by atoms with Crippen LogP contribution in [0.2, 0.25) is 0 Å². The van der Waals surface area contributed by atoms with Gasteiger partial charge in [-0.15, -0.1) is 0 Å². The van der Waals surface area contributed by atoms with Crippen molar-refractivity contribution in [2.45, 2.75) is 31.8 Å². The molecule has 0 bridgehead atoms. The number of ether oxygens (including phenoxy) is 1. The van der Waals surface area contributed by atoms with Gasteiger partial charge in [0.15, 0.2) is 0 Å². The van der Waals surface area contributed by atoms with E-state index in [0.29, 0.717) is 25.0 Å². The summed E-state index contributed by atoms with van der Waals surface area (Å²) in [7, 11) is 0. The van der Waals surface area contributed by atoms with Crippen LogP contribution in [0.15, 0.2) is 29.4 Å². The van der Waals surface area contributed by atoms with E-state index < -0.39 is 5.97 Å². The van der Waals surface area contributed by atoms with Gasteiger partial charge in [-0.1, -0.05) is 29.4 Å². The Bertz CT molecular complexity index is 781. The highest BCUT2D eigenvalue weighted by atomic mass is 16.6. The van der Waals surface area contributed by atoms with E-state index in [0.717, 1.165) is 68.7 Å². The number of amidine groups is 1. The first kappa shape index (κ1) is 20.8. The fourth-order valence-electron chi connectivity index (χ4n) is 4.46. The Labute approximate surface area is 176 Å². The molecule has 162 valence electrons. The zero-order chi connectivity index (χ0) is 20.9. The number of hydrogen-bond donors (Lipinski definition) is 2.